The van der Waals surface area contributed by atoms with Gasteiger partial charge < -0.3 is 9.47 Å². The molecule has 166 valence electrons. The molecule has 0 fully saturated rings. The van der Waals surface area contributed by atoms with E-state index < -0.39 is 0 Å². The van der Waals surface area contributed by atoms with Crippen LogP contribution in [0.1, 0.15) is 12.5 Å². The lowest BCUT2D eigenvalue weighted by Gasteiger charge is -2.15. The van der Waals surface area contributed by atoms with Gasteiger partial charge in [-0.2, -0.15) is 5.10 Å². The van der Waals surface area contributed by atoms with Gasteiger partial charge in [-0.05, 0) is 42.3 Å². The number of nitrogens with zero attached hydrogens (tertiary/aromatic N) is 2. The van der Waals surface area contributed by atoms with Crippen LogP contribution in [0.3, 0.4) is 0 Å². The number of aryl methyl sites for hydroxylation is 1. The summed E-state index contributed by atoms with van der Waals surface area (Å²) in [6.07, 6.45) is 0.198. The van der Waals surface area contributed by atoms with Gasteiger partial charge in [-0.25, -0.2) is 4.68 Å². The van der Waals surface area contributed by atoms with Crippen molar-refractivity contribution in [2.45, 2.75) is 13.3 Å². The number of ether oxygens (including phenoxy) is 2. The zero-order chi connectivity index (χ0) is 23.2. The Morgan fingerprint density at radius 3 is 2.33 bits per heavy atom. The summed E-state index contributed by atoms with van der Waals surface area (Å²) < 4.78 is 12.5. The van der Waals surface area contributed by atoms with Gasteiger partial charge in [0.05, 0.1) is 13.0 Å². The highest BCUT2D eigenvalue weighted by atomic mass is 16.5. The minimum Gasteiger partial charge on any atom is -0.466 e. The molecule has 0 N–H and O–H groups in total. The molecule has 0 aliphatic carbocycles. The van der Waals surface area contributed by atoms with Crippen LogP contribution in [0.25, 0.3) is 22.4 Å². The first kappa shape index (κ1) is 22.0. The first-order valence-corrected chi connectivity index (χ1v) is 10.7. The van der Waals surface area contributed by atoms with Crippen molar-refractivity contribution in [3.63, 3.8) is 0 Å². The monoisotopic (exact) mass is 440 g/mol. The molecule has 0 aliphatic heterocycles. The second kappa shape index (κ2) is 9.96. The van der Waals surface area contributed by atoms with Crippen molar-refractivity contribution in [1.82, 2.24) is 9.78 Å². The Bertz CT molecular complexity index is 1310. The first-order chi connectivity index (χ1) is 16.0. The molecule has 0 bridgehead atoms. The quantitative estimate of drug-likeness (QED) is 0.378. The van der Waals surface area contributed by atoms with Crippen molar-refractivity contribution >= 4 is 5.97 Å². The molecule has 3 aromatic carbocycles. The predicted octanol–water partition coefficient (Wildman–Crippen LogP) is 5.01. The van der Waals surface area contributed by atoms with Crippen molar-refractivity contribution < 1.29 is 14.3 Å². The maximum atomic E-state index is 12.5. The van der Waals surface area contributed by atoms with Crippen LogP contribution in [0, 0.1) is 0 Å². The van der Waals surface area contributed by atoms with Crippen LogP contribution >= 0.6 is 0 Å². The summed E-state index contributed by atoms with van der Waals surface area (Å²) >= 11 is 0. The second-order valence-corrected chi connectivity index (χ2v) is 7.46. The van der Waals surface area contributed by atoms with Crippen molar-refractivity contribution in [2.24, 2.45) is 7.05 Å². The highest BCUT2D eigenvalue weighted by molar-refractivity contribution is 5.83. The van der Waals surface area contributed by atoms with Gasteiger partial charge >= 0.3 is 5.97 Å². The predicted molar refractivity (Wildman–Crippen MR) is 127 cm³/mol. The molecule has 0 saturated heterocycles. The molecule has 4 rings (SSSR count). The van der Waals surface area contributed by atoms with E-state index in [0.717, 1.165) is 16.7 Å². The Labute approximate surface area is 192 Å². The topological polar surface area (TPSA) is 70.4 Å². The molecule has 0 spiro atoms. The summed E-state index contributed by atoms with van der Waals surface area (Å²) in [4.78, 5) is 24.3. The fourth-order valence-corrected chi connectivity index (χ4v) is 3.51. The van der Waals surface area contributed by atoms with Crippen LogP contribution in [0.4, 0.5) is 0 Å². The number of para-hydroxylation sites is 2. The molecular formula is C27H24N2O4. The smallest absolute Gasteiger partial charge is 0.310 e. The van der Waals surface area contributed by atoms with Gasteiger partial charge in [-0.3, -0.25) is 9.59 Å². The Kier molecular flexibility index (Phi) is 6.64. The summed E-state index contributed by atoms with van der Waals surface area (Å²) in [5.41, 5.74) is 3.51. The van der Waals surface area contributed by atoms with E-state index in [1.54, 1.807) is 20.0 Å². The van der Waals surface area contributed by atoms with Gasteiger partial charge in [0.2, 0.25) is 0 Å². The molecule has 6 heteroatoms. The zero-order valence-corrected chi connectivity index (χ0v) is 18.5. The lowest BCUT2D eigenvalue weighted by Crippen LogP contribution is -2.19. The Morgan fingerprint density at radius 2 is 1.61 bits per heavy atom. The minimum atomic E-state index is -0.270. The van der Waals surface area contributed by atoms with Gasteiger partial charge in [-0.15, -0.1) is 0 Å². The van der Waals surface area contributed by atoms with Gasteiger partial charge in [0, 0.05) is 24.2 Å². The first-order valence-electron chi connectivity index (χ1n) is 10.7. The number of rotatable bonds is 7. The highest BCUT2D eigenvalue weighted by Gasteiger charge is 2.16. The largest absolute Gasteiger partial charge is 0.466 e. The van der Waals surface area contributed by atoms with Crippen molar-refractivity contribution in [2.75, 3.05) is 6.61 Å². The normalized spacial score (nSPS) is 10.6. The summed E-state index contributed by atoms with van der Waals surface area (Å²) in [5.74, 6) is 1.07. The molecule has 0 atom stereocenters. The summed E-state index contributed by atoms with van der Waals surface area (Å²) in [7, 11) is 1.62. The fraction of sp³-hybridized carbons (Fsp3) is 0.148. The van der Waals surface area contributed by atoms with E-state index in [0.29, 0.717) is 29.4 Å². The van der Waals surface area contributed by atoms with E-state index in [1.165, 1.54) is 4.68 Å². The van der Waals surface area contributed by atoms with Crippen LogP contribution in [-0.2, 0) is 23.0 Å². The van der Waals surface area contributed by atoms with Gasteiger partial charge in [-0.1, -0.05) is 54.6 Å². The molecular weight excluding hydrogens is 416 g/mol. The van der Waals surface area contributed by atoms with Crippen molar-refractivity contribution in [1.29, 1.82) is 0 Å². The summed E-state index contributed by atoms with van der Waals surface area (Å²) in [5, 5.41) is 4.57. The average molecular weight is 440 g/mol. The number of hydrogen-bond acceptors (Lipinski definition) is 5. The molecule has 0 unspecified atom stereocenters. The zero-order valence-electron chi connectivity index (χ0n) is 18.5. The number of carbonyl (C=O) groups excluding carboxylic acids is 1. The van der Waals surface area contributed by atoms with E-state index in [9.17, 15) is 9.59 Å². The number of carbonyl (C=O) groups is 1. The van der Waals surface area contributed by atoms with Gasteiger partial charge in [0.1, 0.15) is 17.2 Å². The van der Waals surface area contributed by atoms with E-state index in [-0.39, 0.29) is 17.9 Å². The van der Waals surface area contributed by atoms with Gasteiger partial charge in [0.25, 0.3) is 5.56 Å². The molecule has 6 nitrogen and oxygen atoms in total. The summed E-state index contributed by atoms with van der Waals surface area (Å²) in [6, 6.07) is 26.2. The van der Waals surface area contributed by atoms with E-state index in [1.807, 2.05) is 78.9 Å². The number of esters is 1. The molecule has 1 heterocycles. The van der Waals surface area contributed by atoms with Crippen LogP contribution in [0.15, 0.2) is 89.7 Å². The molecule has 1 aromatic heterocycles. The van der Waals surface area contributed by atoms with E-state index in [2.05, 4.69) is 5.10 Å². The van der Waals surface area contributed by atoms with E-state index >= 15 is 0 Å². The lowest BCUT2D eigenvalue weighted by molar-refractivity contribution is -0.142. The standard InChI is InChI=1S/C27H24N2O4/c1-3-32-26(31)17-19-13-15-20(16-14-19)23-18-25(30)29(2)28-27(23)22-11-7-8-12-24(22)33-21-9-5-4-6-10-21/h4-16,18H,3,17H2,1-2H3. The number of aromatic nitrogens is 2. The Hall–Kier alpha value is -4.19. The molecule has 0 aliphatic rings. The molecule has 4 aromatic rings. The third-order valence-corrected chi connectivity index (χ3v) is 5.12. The van der Waals surface area contributed by atoms with Crippen LogP contribution in [-0.4, -0.2) is 22.4 Å². The van der Waals surface area contributed by atoms with Crippen molar-refractivity contribution in [3.05, 3.63) is 101 Å². The molecule has 33 heavy (non-hydrogen) atoms. The third-order valence-electron chi connectivity index (χ3n) is 5.12. The second-order valence-electron chi connectivity index (χ2n) is 7.46. The van der Waals surface area contributed by atoms with E-state index in [4.69, 9.17) is 9.47 Å². The summed E-state index contributed by atoms with van der Waals surface area (Å²) in [6.45, 7) is 2.13. The number of benzene rings is 3. The SMILES string of the molecule is CCOC(=O)Cc1ccc(-c2cc(=O)n(C)nc2-c2ccccc2Oc2ccccc2)cc1. The van der Waals surface area contributed by atoms with Crippen LogP contribution in [0.2, 0.25) is 0 Å². The lowest BCUT2D eigenvalue weighted by atomic mass is 9.98. The van der Waals surface area contributed by atoms with Gasteiger partial charge in [0.15, 0.2) is 0 Å². The maximum absolute atomic E-state index is 12.5. The maximum Gasteiger partial charge on any atom is 0.310 e. The van der Waals surface area contributed by atoms with Crippen LogP contribution in [0.5, 0.6) is 11.5 Å². The third kappa shape index (κ3) is 5.18. The average Bonchev–Trinajstić information content (AvgIpc) is 2.82. The highest BCUT2D eigenvalue weighted by Crippen LogP contribution is 2.37. The van der Waals surface area contributed by atoms with Crippen LogP contribution < -0.4 is 10.3 Å². The molecule has 0 radical (unpaired) electrons. The Balaban J connectivity index is 1.75. The Morgan fingerprint density at radius 1 is 0.909 bits per heavy atom. The minimum absolute atomic E-state index is 0.198. The molecule has 0 saturated carbocycles. The molecule has 0 amide bonds. The van der Waals surface area contributed by atoms with Crippen molar-refractivity contribution in [3.8, 4) is 33.9 Å². The number of hydrogen-bond donors (Lipinski definition) is 0. The fourth-order valence-electron chi connectivity index (χ4n) is 3.51.